The van der Waals surface area contributed by atoms with E-state index in [1.807, 2.05) is 37.1 Å². The van der Waals surface area contributed by atoms with E-state index in [0.29, 0.717) is 10.8 Å². The van der Waals surface area contributed by atoms with E-state index in [1.54, 1.807) is 6.07 Å². The van der Waals surface area contributed by atoms with Crippen LogP contribution in [0.2, 0.25) is 0 Å². The lowest BCUT2D eigenvalue weighted by atomic mass is 9.90. The molecule has 1 saturated heterocycles. The molecule has 2 rings (SSSR count). The Morgan fingerprint density at radius 3 is 2.38 bits per heavy atom. The summed E-state index contributed by atoms with van der Waals surface area (Å²) in [6.45, 7) is 7.41. The van der Waals surface area contributed by atoms with Crippen molar-refractivity contribution in [1.29, 1.82) is 0 Å². The number of piperidine rings is 1. The van der Waals surface area contributed by atoms with E-state index in [2.05, 4.69) is 5.32 Å². The van der Waals surface area contributed by atoms with Gasteiger partial charge in [-0.2, -0.15) is 0 Å². The first kappa shape index (κ1) is 20.9. The monoisotopic (exact) mass is 373 g/mol. The van der Waals surface area contributed by atoms with Gasteiger partial charge in [-0.05, 0) is 43.0 Å². The number of carbonyl (C=O) groups is 2. The highest BCUT2D eigenvalue weighted by molar-refractivity contribution is 7.12. The first-order valence-electron chi connectivity index (χ1n) is 8.29. The van der Waals surface area contributed by atoms with Crippen LogP contribution in [0.4, 0.5) is 0 Å². The molecule has 2 amide bonds. The van der Waals surface area contributed by atoms with Gasteiger partial charge in [-0.15, -0.1) is 23.7 Å². The number of hydrogen-bond donors (Lipinski definition) is 2. The number of amides is 2. The Morgan fingerprint density at radius 1 is 1.29 bits per heavy atom. The Bertz CT molecular complexity index is 526. The normalized spacial score (nSPS) is 18.0. The number of nitrogens with two attached hydrogens (primary N) is 1. The molecule has 2 unspecified atom stereocenters. The lowest BCUT2D eigenvalue weighted by Gasteiger charge is -2.36. The van der Waals surface area contributed by atoms with Crippen molar-refractivity contribution in [3.05, 3.63) is 22.4 Å². The number of carbonyl (C=O) groups excluding carboxylic acids is 2. The highest BCUT2D eigenvalue weighted by Crippen LogP contribution is 2.21. The van der Waals surface area contributed by atoms with E-state index in [4.69, 9.17) is 5.73 Å². The highest BCUT2D eigenvalue weighted by atomic mass is 35.5. The summed E-state index contributed by atoms with van der Waals surface area (Å²) in [5.74, 6) is 0.389. The van der Waals surface area contributed by atoms with Crippen LogP contribution in [0.25, 0.3) is 0 Å². The van der Waals surface area contributed by atoms with Crippen LogP contribution >= 0.6 is 23.7 Å². The first-order chi connectivity index (χ1) is 10.9. The minimum absolute atomic E-state index is 0. The zero-order valence-electron chi connectivity index (χ0n) is 14.5. The minimum atomic E-state index is -0.476. The molecular weight excluding hydrogens is 346 g/mol. The van der Waals surface area contributed by atoms with Gasteiger partial charge in [0.05, 0.1) is 4.88 Å². The van der Waals surface area contributed by atoms with Crippen LogP contribution in [-0.2, 0) is 4.79 Å². The third-order valence-electron chi connectivity index (χ3n) is 4.56. The van der Waals surface area contributed by atoms with E-state index in [1.165, 1.54) is 11.3 Å². The lowest BCUT2D eigenvalue weighted by molar-refractivity contribution is -0.135. The lowest BCUT2D eigenvalue weighted by Crippen LogP contribution is -2.53. The Balaban J connectivity index is 0.00000288. The number of rotatable bonds is 5. The summed E-state index contributed by atoms with van der Waals surface area (Å²) in [6.07, 6.45) is 1.88. The molecule has 0 spiro atoms. The van der Waals surface area contributed by atoms with Gasteiger partial charge in [-0.1, -0.05) is 19.9 Å². The van der Waals surface area contributed by atoms with Crippen LogP contribution in [0.5, 0.6) is 0 Å². The Morgan fingerprint density at radius 2 is 1.92 bits per heavy atom. The first-order valence-corrected chi connectivity index (χ1v) is 9.17. The second-order valence-electron chi connectivity index (χ2n) is 6.69. The summed E-state index contributed by atoms with van der Waals surface area (Å²) < 4.78 is 0. The molecule has 3 N–H and O–H groups in total. The van der Waals surface area contributed by atoms with E-state index in [9.17, 15) is 9.59 Å². The molecule has 2 atom stereocenters. The van der Waals surface area contributed by atoms with Gasteiger partial charge in [0.25, 0.3) is 5.91 Å². The van der Waals surface area contributed by atoms with Gasteiger partial charge in [0.1, 0.15) is 6.04 Å². The van der Waals surface area contributed by atoms with Gasteiger partial charge in [-0.3, -0.25) is 9.59 Å². The van der Waals surface area contributed by atoms with Gasteiger partial charge < -0.3 is 16.0 Å². The average molecular weight is 374 g/mol. The fraction of sp³-hybridized carbons (Fsp3) is 0.647. The number of nitrogens with one attached hydrogen (secondary N) is 1. The quantitative estimate of drug-likeness (QED) is 0.832. The second-order valence-corrected chi connectivity index (χ2v) is 7.64. The maximum atomic E-state index is 12.8. The molecule has 1 aliphatic rings. The van der Waals surface area contributed by atoms with Crippen molar-refractivity contribution in [2.24, 2.45) is 17.6 Å². The molecule has 2 heterocycles. The molecule has 7 heteroatoms. The molecule has 0 radical (unpaired) electrons. The molecule has 1 aromatic rings. The molecule has 0 saturated carbocycles. The number of hydrogen-bond acceptors (Lipinski definition) is 4. The van der Waals surface area contributed by atoms with E-state index >= 15 is 0 Å². The molecule has 1 aromatic heterocycles. The maximum Gasteiger partial charge on any atom is 0.262 e. The molecule has 24 heavy (non-hydrogen) atoms. The van der Waals surface area contributed by atoms with Crippen molar-refractivity contribution in [1.82, 2.24) is 10.2 Å². The molecular formula is C17H28ClN3O2S. The molecule has 1 aliphatic heterocycles. The molecule has 0 bridgehead atoms. The van der Waals surface area contributed by atoms with Crippen molar-refractivity contribution in [3.8, 4) is 0 Å². The van der Waals surface area contributed by atoms with Crippen LogP contribution in [0.3, 0.4) is 0 Å². The maximum absolute atomic E-state index is 12.8. The Kier molecular flexibility index (Phi) is 8.19. The predicted molar refractivity (Wildman–Crippen MR) is 101 cm³/mol. The number of nitrogens with zero attached hydrogens (tertiary/aromatic N) is 1. The average Bonchev–Trinajstić information content (AvgIpc) is 3.06. The summed E-state index contributed by atoms with van der Waals surface area (Å²) in [5.41, 5.74) is 5.96. The summed E-state index contributed by atoms with van der Waals surface area (Å²) in [4.78, 5) is 27.6. The fourth-order valence-electron chi connectivity index (χ4n) is 2.98. The summed E-state index contributed by atoms with van der Waals surface area (Å²) >= 11 is 1.38. The predicted octanol–water partition coefficient (Wildman–Crippen LogP) is 2.51. The van der Waals surface area contributed by atoms with Crippen LogP contribution in [0.1, 0.15) is 43.3 Å². The standard InChI is InChI=1S/C17H27N3O2S.ClH/c1-11(2)15(19-16(21)14-5-4-10-23-14)17(22)20-8-6-13(7-9-20)12(3)18;/h4-5,10-13,15H,6-9,18H2,1-3H3,(H,19,21);1H. The summed E-state index contributed by atoms with van der Waals surface area (Å²) in [6, 6.07) is 3.31. The highest BCUT2D eigenvalue weighted by Gasteiger charge is 2.32. The summed E-state index contributed by atoms with van der Waals surface area (Å²) in [7, 11) is 0. The van der Waals surface area contributed by atoms with Crippen molar-refractivity contribution in [2.45, 2.75) is 45.7 Å². The zero-order valence-corrected chi connectivity index (χ0v) is 16.2. The topological polar surface area (TPSA) is 75.4 Å². The third kappa shape index (κ3) is 5.19. The number of thiophene rings is 1. The minimum Gasteiger partial charge on any atom is -0.341 e. The van der Waals surface area contributed by atoms with E-state index in [0.717, 1.165) is 25.9 Å². The van der Waals surface area contributed by atoms with Gasteiger partial charge in [0.15, 0.2) is 0 Å². The molecule has 136 valence electrons. The van der Waals surface area contributed by atoms with Crippen LogP contribution in [0, 0.1) is 11.8 Å². The van der Waals surface area contributed by atoms with Crippen molar-refractivity contribution < 1.29 is 9.59 Å². The third-order valence-corrected chi connectivity index (χ3v) is 5.43. The molecule has 5 nitrogen and oxygen atoms in total. The summed E-state index contributed by atoms with van der Waals surface area (Å²) in [5, 5.41) is 4.77. The Hall–Kier alpha value is -1.11. The number of likely N-dealkylation sites (tertiary alicyclic amines) is 1. The van der Waals surface area contributed by atoms with E-state index < -0.39 is 6.04 Å². The van der Waals surface area contributed by atoms with Crippen LogP contribution in [-0.4, -0.2) is 41.9 Å². The number of halogens is 1. The second kappa shape index (κ2) is 9.39. The smallest absolute Gasteiger partial charge is 0.262 e. The molecule has 0 aromatic carbocycles. The van der Waals surface area contributed by atoms with Crippen LogP contribution < -0.4 is 11.1 Å². The van der Waals surface area contributed by atoms with E-state index in [-0.39, 0.29) is 36.2 Å². The van der Waals surface area contributed by atoms with Crippen molar-refractivity contribution in [2.75, 3.05) is 13.1 Å². The van der Waals surface area contributed by atoms with Gasteiger partial charge in [-0.25, -0.2) is 0 Å². The van der Waals surface area contributed by atoms with Gasteiger partial charge >= 0.3 is 0 Å². The zero-order chi connectivity index (χ0) is 17.0. The van der Waals surface area contributed by atoms with Crippen molar-refractivity contribution >= 4 is 35.6 Å². The molecule has 0 aliphatic carbocycles. The van der Waals surface area contributed by atoms with Gasteiger partial charge in [0, 0.05) is 19.1 Å². The largest absolute Gasteiger partial charge is 0.341 e. The Labute approximate surface area is 154 Å². The van der Waals surface area contributed by atoms with Crippen LogP contribution in [0.15, 0.2) is 17.5 Å². The fourth-order valence-corrected chi connectivity index (χ4v) is 3.60. The van der Waals surface area contributed by atoms with Crippen molar-refractivity contribution in [3.63, 3.8) is 0 Å². The molecule has 1 fully saturated rings. The van der Waals surface area contributed by atoms with Gasteiger partial charge in [0.2, 0.25) is 5.91 Å². The SMILES string of the molecule is CC(C)C(NC(=O)c1cccs1)C(=O)N1CCC(C(C)N)CC1.Cl.